The Morgan fingerprint density at radius 2 is 1.59 bits per heavy atom. The lowest BCUT2D eigenvalue weighted by molar-refractivity contribution is 0.574. The van der Waals surface area contributed by atoms with Crippen LogP contribution < -0.4 is 10.6 Å². The molecule has 0 radical (unpaired) electrons. The number of hydrogen-bond acceptors (Lipinski definition) is 8. The van der Waals surface area contributed by atoms with Gasteiger partial charge in [0.25, 0.3) is 0 Å². The molecular formula is C29H27N3O5S2. The molecule has 2 aromatic heterocycles. The molecule has 2 N–H and O–H groups in total. The molecule has 5 aromatic rings. The average molecular weight is 562 g/mol. The molecule has 0 atom stereocenters. The van der Waals surface area contributed by atoms with Gasteiger partial charge in [0.05, 0.1) is 27.3 Å². The molecule has 0 aliphatic rings. The molecular weight excluding hydrogens is 534 g/mol. The number of nitrogens with zero attached hydrogens (tertiary/aromatic N) is 1. The molecule has 0 spiro atoms. The van der Waals surface area contributed by atoms with Gasteiger partial charge in [0.15, 0.2) is 0 Å². The first-order valence-electron chi connectivity index (χ1n) is 12.2. The number of rotatable bonds is 10. The third-order valence-electron chi connectivity index (χ3n) is 6.16. The summed E-state index contributed by atoms with van der Waals surface area (Å²) in [6.45, 7) is 0.867. The van der Waals surface area contributed by atoms with Crippen LogP contribution in [0.2, 0.25) is 0 Å². The lowest BCUT2D eigenvalue weighted by atomic mass is 10.1. The van der Waals surface area contributed by atoms with Gasteiger partial charge in [-0.1, -0.05) is 18.2 Å². The van der Waals surface area contributed by atoms with E-state index in [9.17, 15) is 16.8 Å². The minimum absolute atomic E-state index is 0.0801. The van der Waals surface area contributed by atoms with Gasteiger partial charge in [-0.15, -0.1) is 0 Å². The van der Waals surface area contributed by atoms with Crippen LogP contribution in [0.25, 0.3) is 22.2 Å². The quantitative estimate of drug-likeness (QED) is 0.223. The first-order chi connectivity index (χ1) is 18.7. The molecule has 0 fully saturated rings. The van der Waals surface area contributed by atoms with Crippen LogP contribution in [0.1, 0.15) is 5.56 Å². The second kappa shape index (κ2) is 11.0. The molecule has 0 saturated heterocycles. The van der Waals surface area contributed by atoms with E-state index in [-0.39, 0.29) is 15.5 Å². The predicted molar refractivity (Wildman–Crippen MR) is 152 cm³/mol. The van der Waals surface area contributed by atoms with Gasteiger partial charge in [-0.3, -0.25) is 4.98 Å². The summed E-state index contributed by atoms with van der Waals surface area (Å²) in [5.41, 5.74) is 4.12. The summed E-state index contributed by atoms with van der Waals surface area (Å²) < 4.78 is 54.2. The van der Waals surface area contributed by atoms with E-state index >= 15 is 0 Å². The highest BCUT2D eigenvalue weighted by Gasteiger charge is 2.17. The highest BCUT2D eigenvalue weighted by Crippen LogP contribution is 2.31. The third kappa shape index (κ3) is 6.36. The number of fused-ring (bicyclic) bond motifs is 1. The molecule has 0 aliphatic heterocycles. The molecule has 39 heavy (non-hydrogen) atoms. The zero-order valence-electron chi connectivity index (χ0n) is 21.2. The molecule has 0 saturated carbocycles. The van der Waals surface area contributed by atoms with Crippen LogP contribution in [0, 0.1) is 0 Å². The number of nitrogens with one attached hydrogen (secondary N) is 2. The lowest BCUT2D eigenvalue weighted by Crippen LogP contribution is -2.21. The van der Waals surface area contributed by atoms with Gasteiger partial charge in [0.2, 0.25) is 9.84 Å². The van der Waals surface area contributed by atoms with Crippen molar-refractivity contribution in [3.05, 3.63) is 103 Å². The Labute approximate surface area is 227 Å². The summed E-state index contributed by atoms with van der Waals surface area (Å²) in [6.07, 6.45) is 4.58. The zero-order chi connectivity index (χ0) is 27.5. The van der Waals surface area contributed by atoms with Crippen molar-refractivity contribution < 1.29 is 21.3 Å². The summed E-state index contributed by atoms with van der Waals surface area (Å²) in [4.78, 5) is 4.94. The SMILES string of the molecule is CS(=O)(=O)CCNCc1coc(-c2ccc3nccc(Nc4ccc(S(=O)(=O)c5ccccc5)cc4)c3c2)c1. The van der Waals surface area contributed by atoms with Crippen LogP contribution >= 0.6 is 0 Å². The van der Waals surface area contributed by atoms with E-state index < -0.39 is 19.7 Å². The predicted octanol–water partition coefficient (Wildman–Crippen LogP) is 5.21. The van der Waals surface area contributed by atoms with E-state index in [1.54, 1.807) is 67.1 Å². The zero-order valence-corrected chi connectivity index (χ0v) is 22.8. The highest BCUT2D eigenvalue weighted by atomic mass is 32.2. The standard InChI is InChI=1S/C29H27N3O5S2/c1-38(33,34)16-15-30-19-21-17-29(37-20-21)22-7-12-27-26(18-22)28(13-14-31-27)32-23-8-10-25(11-9-23)39(35,36)24-5-3-2-4-6-24/h2-14,17-18,20,30H,15-16,19H2,1H3,(H,31,32). The summed E-state index contributed by atoms with van der Waals surface area (Å²) in [6, 6.07) is 24.6. The monoisotopic (exact) mass is 561 g/mol. The molecule has 10 heteroatoms. The van der Waals surface area contributed by atoms with Crippen LogP contribution in [0.3, 0.4) is 0 Å². The Kier molecular flexibility index (Phi) is 7.51. The lowest BCUT2D eigenvalue weighted by Gasteiger charge is -2.11. The molecule has 3 aromatic carbocycles. The summed E-state index contributed by atoms with van der Waals surface area (Å²) >= 11 is 0. The van der Waals surface area contributed by atoms with E-state index in [2.05, 4.69) is 15.6 Å². The van der Waals surface area contributed by atoms with Gasteiger partial charge in [0.1, 0.15) is 15.6 Å². The summed E-state index contributed by atoms with van der Waals surface area (Å²) in [5, 5.41) is 7.36. The van der Waals surface area contributed by atoms with Gasteiger partial charge >= 0.3 is 0 Å². The fourth-order valence-corrected chi connectivity index (χ4v) is 5.92. The molecule has 200 valence electrons. The van der Waals surface area contributed by atoms with Crippen molar-refractivity contribution in [2.24, 2.45) is 0 Å². The first kappa shape index (κ1) is 26.6. The number of anilines is 2. The largest absolute Gasteiger partial charge is 0.464 e. The van der Waals surface area contributed by atoms with E-state index in [4.69, 9.17) is 4.42 Å². The van der Waals surface area contributed by atoms with E-state index in [1.165, 1.54) is 6.26 Å². The van der Waals surface area contributed by atoms with Gasteiger partial charge < -0.3 is 15.1 Å². The van der Waals surface area contributed by atoms with Crippen LogP contribution in [0.15, 0.2) is 112 Å². The van der Waals surface area contributed by atoms with Crippen LogP contribution in [0.4, 0.5) is 11.4 Å². The summed E-state index contributed by atoms with van der Waals surface area (Å²) in [5.74, 6) is 0.763. The molecule has 5 rings (SSSR count). The molecule has 2 heterocycles. The molecule has 0 aliphatic carbocycles. The minimum Gasteiger partial charge on any atom is -0.464 e. The minimum atomic E-state index is -3.59. The van der Waals surface area contributed by atoms with Crippen LogP contribution in [-0.2, 0) is 26.2 Å². The number of hydrogen-bond donors (Lipinski definition) is 2. The number of benzene rings is 3. The number of aromatic nitrogens is 1. The Morgan fingerprint density at radius 3 is 2.33 bits per heavy atom. The highest BCUT2D eigenvalue weighted by molar-refractivity contribution is 7.91. The van der Waals surface area contributed by atoms with E-state index in [0.717, 1.165) is 33.4 Å². The third-order valence-corrected chi connectivity index (χ3v) is 8.89. The second-order valence-electron chi connectivity index (χ2n) is 9.18. The molecule has 0 unspecified atom stereocenters. The van der Waals surface area contributed by atoms with Crippen molar-refractivity contribution in [3.8, 4) is 11.3 Å². The van der Waals surface area contributed by atoms with E-state index in [1.807, 2.05) is 30.3 Å². The normalized spacial score (nSPS) is 12.0. The Hall–Kier alpha value is -3.99. The van der Waals surface area contributed by atoms with Gasteiger partial charge in [-0.05, 0) is 66.7 Å². The van der Waals surface area contributed by atoms with Crippen LogP contribution in [0.5, 0.6) is 0 Å². The van der Waals surface area contributed by atoms with Crippen molar-refractivity contribution in [1.82, 2.24) is 10.3 Å². The Bertz CT molecular complexity index is 1820. The van der Waals surface area contributed by atoms with Gasteiger partial charge in [-0.25, -0.2) is 16.8 Å². The summed E-state index contributed by atoms with van der Waals surface area (Å²) in [7, 11) is -6.60. The molecule has 0 bridgehead atoms. The topological polar surface area (TPSA) is 118 Å². The maximum atomic E-state index is 12.9. The van der Waals surface area contributed by atoms with Crippen molar-refractivity contribution >= 4 is 42.0 Å². The Balaban J connectivity index is 1.34. The fourth-order valence-electron chi connectivity index (χ4n) is 4.13. The first-order valence-corrected chi connectivity index (χ1v) is 15.8. The van der Waals surface area contributed by atoms with Gasteiger partial charge in [0, 0.05) is 53.4 Å². The van der Waals surface area contributed by atoms with Crippen molar-refractivity contribution in [2.75, 3.05) is 23.9 Å². The second-order valence-corrected chi connectivity index (χ2v) is 13.4. The maximum absolute atomic E-state index is 12.9. The van der Waals surface area contributed by atoms with Crippen molar-refractivity contribution in [3.63, 3.8) is 0 Å². The number of furan rings is 1. The number of sulfone groups is 2. The Morgan fingerprint density at radius 1 is 0.846 bits per heavy atom. The average Bonchev–Trinajstić information content (AvgIpc) is 3.40. The molecule has 8 nitrogen and oxygen atoms in total. The smallest absolute Gasteiger partial charge is 0.206 e. The van der Waals surface area contributed by atoms with Crippen molar-refractivity contribution in [2.45, 2.75) is 16.3 Å². The van der Waals surface area contributed by atoms with E-state index in [0.29, 0.717) is 18.8 Å². The van der Waals surface area contributed by atoms with Crippen LogP contribution in [-0.4, -0.2) is 40.4 Å². The number of pyridine rings is 1. The van der Waals surface area contributed by atoms with Gasteiger partial charge in [-0.2, -0.15) is 0 Å². The fraction of sp³-hybridized carbons (Fsp3) is 0.138. The maximum Gasteiger partial charge on any atom is 0.206 e. The van der Waals surface area contributed by atoms with Crippen molar-refractivity contribution in [1.29, 1.82) is 0 Å². The molecule has 0 amide bonds.